The first-order chi connectivity index (χ1) is 9.72. The van der Waals surface area contributed by atoms with Gasteiger partial charge in [-0.05, 0) is 5.56 Å². The number of hydrogen-bond acceptors (Lipinski definition) is 5. The van der Waals surface area contributed by atoms with Crippen molar-refractivity contribution in [3.63, 3.8) is 0 Å². The van der Waals surface area contributed by atoms with Gasteiger partial charge in [0.2, 0.25) is 0 Å². The van der Waals surface area contributed by atoms with Crippen LogP contribution in [0, 0.1) is 5.92 Å². The lowest BCUT2D eigenvalue weighted by Gasteiger charge is -2.23. The van der Waals surface area contributed by atoms with Crippen LogP contribution in [0.4, 0.5) is 0 Å². The summed E-state index contributed by atoms with van der Waals surface area (Å²) in [6.45, 7) is 2.37. The third kappa shape index (κ3) is 3.45. The second kappa shape index (κ2) is 6.86. The van der Waals surface area contributed by atoms with E-state index in [1.807, 2.05) is 37.3 Å². The van der Waals surface area contributed by atoms with E-state index in [4.69, 9.17) is 9.26 Å². The second-order valence-electron chi connectivity index (χ2n) is 4.57. The fraction of sp³-hybridized carbons (Fsp3) is 0.333. The number of carbonyl (C=O) groups excluding carboxylic acids is 1. The van der Waals surface area contributed by atoms with Crippen LogP contribution in [-0.4, -0.2) is 18.2 Å². The molecule has 1 heterocycles. The van der Waals surface area contributed by atoms with Gasteiger partial charge in [-0.3, -0.25) is 4.79 Å². The molecule has 5 heteroatoms. The summed E-state index contributed by atoms with van der Waals surface area (Å²) in [5.74, 6) is -0.541. The molecular weight excluding hydrogens is 256 g/mol. The van der Waals surface area contributed by atoms with Gasteiger partial charge in [0, 0.05) is 18.7 Å². The predicted octanol–water partition coefficient (Wildman–Crippen LogP) is 2.31. The number of benzene rings is 1. The zero-order valence-corrected chi connectivity index (χ0v) is 11.6. The van der Waals surface area contributed by atoms with E-state index < -0.39 is 0 Å². The molecule has 106 valence electrons. The number of nitrogens with zero attached hydrogens (tertiary/aromatic N) is 1. The molecule has 1 aromatic carbocycles. The molecule has 1 aromatic heterocycles. The molecule has 0 amide bonds. The zero-order chi connectivity index (χ0) is 14.4. The van der Waals surface area contributed by atoms with Crippen LogP contribution in [0.15, 0.2) is 47.2 Å². The lowest BCUT2D eigenvalue weighted by molar-refractivity contribution is -0.145. The molecule has 0 saturated carbocycles. The molecule has 20 heavy (non-hydrogen) atoms. The molecular formula is C15H18N2O3. The van der Waals surface area contributed by atoms with Crippen LogP contribution >= 0.6 is 0 Å². The van der Waals surface area contributed by atoms with Gasteiger partial charge in [0.25, 0.3) is 0 Å². The average Bonchev–Trinajstić information content (AvgIpc) is 3.01. The molecule has 2 aromatic rings. The lowest BCUT2D eigenvalue weighted by Crippen LogP contribution is -2.31. The SMILES string of the molecule is COC(=O)[C@@H](C)[C@H](NCc1ccon1)c1ccccc1. The monoisotopic (exact) mass is 274 g/mol. The Hall–Kier alpha value is -2.14. The molecule has 2 atom stereocenters. The molecule has 0 fully saturated rings. The largest absolute Gasteiger partial charge is 0.469 e. The summed E-state index contributed by atoms with van der Waals surface area (Å²) < 4.78 is 9.64. The van der Waals surface area contributed by atoms with E-state index in [0.29, 0.717) is 6.54 Å². The third-order valence-corrected chi connectivity index (χ3v) is 3.23. The van der Waals surface area contributed by atoms with E-state index in [1.54, 1.807) is 6.07 Å². The number of methoxy groups -OCH3 is 1. The van der Waals surface area contributed by atoms with Gasteiger partial charge >= 0.3 is 5.97 Å². The second-order valence-corrected chi connectivity index (χ2v) is 4.57. The predicted molar refractivity (Wildman–Crippen MR) is 73.7 cm³/mol. The molecule has 0 unspecified atom stereocenters. The van der Waals surface area contributed by atoms with Crippen molar-refractivity contribution in [3.05, 3.63) is 53.9 Å². The summed E-state index contributed by atoms with van der Waals surface area (Å²) >= 11 is 0. The van der Waals surface area contributed by atoms with Crippen LogP contribution in [0.2, 0.25) is 0 Å². The highest BCUT2D eigenvalue weighted by Crippen LogP contribution is 2.23. The number of esters is 1. The van der Waals surface area contributed by atoms with Gasteiger partial charge in [-0.1, -0.05) is 42.4 Å². The van der Waals surface area contributed by atoms with Crippen molar-refractivity contribution in [1.82, 2.24) is 10.5 Å². The number of aromatic nitrogens is 1. The Bertz CT molecular complexity index is 525. The van der Waals surface area contributed by atoms with Crippen LogP contribution in [0.3, 0.4) is 0 Å². The quantitative estimate of drug-likeness (QED) is 0.819. The fourth-order valence-electron chi connectivity index (χ4n) is 2.11. The highest BCUT2D eigenvalue weighted by Gasteiger charge is 2.25. The fourth-order valence-corrected chi connectivity index (χ4v) is 2.11. The maximum Gasteiger partial charge on any atom is 0.310 e. The normalized spacial score (nSPS) is 13.7. The molecule has 0 aliphatic rings. The van der Waals surface area contributed by atoms with E-state index >= 15 is 0 Å². The van der Waals surface area contributed by atoms with Gasteiger partial charge in [0.1, 0.15) is 6.26 Å². The summed E-state index contributed by atoms with van der Waals surface area (Å²) in [6, 6.07) is 11.5. The molecule has 2 rings (SSSR count). The smallest absolute Gasteiger partial charge is 0.310 e. The highest BCUT2D eigenvalue weighted by atomic mass is 16.5. The maximum absolute atomic E-state index is 11.8. The third-order valence-electron chi connectivity index (χ3n) is 3.23. The Morgan fingerprint density at radius 2 is 2.10 bits per heavy atom. The van der Waals surface area contributed by atoms with Crippen molar-refractivity contribution < 1.29 is 14.1 Å². The van der Waals surface area contributed by atoms with Gasteiger partial charge in [0.15, 0.2) is 0 Å². The van der Waals surface area contributed by atoms with Crippen molar-refractivity contribution >= 4 is 5.97 Å². The Morgan fingerprint density at radius 3 is 2.70 bits per heavy atom. The zero-order valence-electron chi connectivity index (χ0n) is 11.6. The van der Waals surface area contributed by atoms with Crippen molar-refractivity contribution in [3.8, 4) is 0 Å². The van der Waals surface area contributed by atoms with E-state index in [9.17, 15) is 4.79 Å². The van der Waals surface area contributed by atoms with Crippen molar-refractivity contribution in [2.24, 2.45) is 5.92 Å². The van der Waals surface area contributed by atoms with Gasteiger partial charge < -0.3 is 14.6 Å². The van der Waals surface area contributed by atoms with Crippen molar-refractivity contribution in [1.29, 1.82) is 0 Å². The molecule has 0 bridgehead atoms. The van der Waals surface area contributed by atoms with Gasteiger partial charge in [-0.15, -0.1) is 0 Å². The molecule has 1 N–H and O–H groups in total. The number of rotatable bonds is 6. The number of nitrogens with one attached hydrogen (secondary N) is 1. The first-order valence-electron chi connectivity index (χ1n) is 6.47. The van der Waals surface area contributed by atoms with Crippen LogP contribution < -0.4 is 5.32 Å². The maximum atomic E-state index is 11.8. The van der Waals surface area contributed by atoms with E-state index in [2.05, 4.69) is 10.5 Å². The Kier molecular flexibility index (Phi) is 4.90. The Morgan fingerprint density at radius 1 is 1.35 bits per heavy atom. The van der Waals surface area contributed by atoms with Gasteiger partial charge in [-0.25, -0.2) is 0 Å². The first-order valence-corrected chi connectivity index (χ1v) is 6.47. The molecule has 0 aliphatic carbocycles. The van der Waals surface area contributed by atoms with Gasteiger partial charge in [0.05, 0.1) is 18.7 Å². The van der Waals surface area contributed by atoms with E-state index in [-0.39, 0.29) is 17.9 Å². The molecule has 0 spiro atoms. The lowest BCUT2D eigenvalue weighted by atomic mass is 9.94. The van der Waals surface area contributed by atoms with Crippen LogP contribution in [0.1, 0.15) is 24.2 Å². The van der Waals surface area contributed by atoms with Crippen LogP contribution in [0.5, 0.6) is 0 Å². The van der Waals surface area contributed by atoms with E-state index in [0.717, 1.165) is 11.3 Å². The molecule has 0 saturated heterocycles. The highest BCUT2D eigenvalue weighted by molar-refractivity contribution is 5.73. The average molecular weight is 274 g/mol. The number of carbonyl (C=O) groups is 1. The minimum atomic E-state index is -0.297. The summed E-state index contributed by atoms with van der Waals surface area (Å²) in [6.07, 6.45) is 1.53. The Labute approximate surface area is 117 Å². The number of ether oxygens (including phenoxy) is 1. The van der Waals surface area contributed by atoms with Crippen molar-refractivity contribution in [2.45, 2.75) is 19.5 Å². The topological polar surface area (TPSA) is 64.4 Å². The Balaban J connectivity index is 2.13. The van der Waals surface area contributed by atoms with E-state index in [1.165, 1.54) is 13.4 Å². The van der Waals surface area contributed by atoms with Crippen LogP contribution in [-0.2, 0) is 16.1 Å². The summed E-state index contributed by atoms with van der Waals surface area (Å²) in [5, 5.41) is 7.18. The minimum Gasteiger partial charge on any atom is -0.469 e. The minimum absolute atomic E-state index is 0.139. The summed E-state index contributed by atoms with van der Waals surface area (Å²) in [7, 11) is 1.40. The van der Waals surface area contributed by atoms with Gasteiger partial charge in [-0.2, -0.15) is 0 Å². The number of hydrogen-bond donors (Lipinski definition) is 1. The summed E-state index contributed by atoms with van der Waals surface area (Å²) in [4.78, 5) is 11.8. The van der Waals surface area contributed by atoms with Crippen LogP contribution in [0.25, 0.3) is 0 Å². The van der Waals surface area contributed by atoms with Crippen molar-refractivity contribution in [2.75, 3.05) is 7.11 Å². The standard InChI is InChI=1S/C15H18N2O3/c1-11(15(18)19-2)14(12-6-4-3-5-7-12)16-10-13-8-9-20-17-13/h3-9,11,14,16H,10H2,1-2H3/t11-,14-/m0/s1. The molecule has 5 nitrogen and oxygen atoms in total. The first kappa shape index (κ1) is 14.3. The molecule has 0 aliphatic heterocycles. The molecule has 0 radical (unpaired) electrons. The summed E-state index contributed by atoms with van der Waals surface area (Å²) in [5.41, 5.74) is 1.83.